The van der Waals surface area contributed by atoms with Gasteiger partial charge in [-0.05, 0) is 18.6 Å². The number of aromatic nitrogens is 1. The standard InChI is InChI=1S/C20H27N5OS/c1-13(2)19-24-17-18(25-10-9-21-14(12-25)8-11-26-3)22-15-6-4-5-7-16(15)23-20(17)27-19/h4-7,13-14,21,23H,8-12H2,1-3H3/t14-/m0/s1. The Morgan fingerprint density at radius 1 is 1.33 bits per heavy atom. The number of para-hydroxylation sites is 2. The van der Waals surface area contributed by atoms with Gasteiger partial charge < -0.3 is 20.3 Å². The van der Waals surface area contributed by atoms with Crippen LogP contribution < -0.4 is 10.6 Å². The highest BCUT2D eigenvalue weighted by atomic mass is 32.1. The lowest BCUT2D eigenvalue weighted by Gasteiger charge is -2.35. The van der Waals surface area contributed by atoms with E-state index < -0.39 is 0 Å². The SMILES string of the molecule is COCC[C@H]1CN(C2=Nc3ccccc3Nc3sc(C(C)C)nc32)CCN1. The Labute approximate surface area is 164 Å². The van der Waals surface area contributed by atoms with E-state index in [9.17, 15) is 0 Å². The fraction of sp³-hybridized carbons (Fsp3) is 0.500. The number of anilines is 2. The van der Waals surface area contributed by atoms with Gasteiger partial charge in [-0.15, -0.1) is 11.3 Å². The van der Waals surface area contributed by atoms with Crippen LogP contribution >= 0.6 is 11.3 Å². The van der Waals surface area contributed by atoms with Crippen molar-refractivity contribution in [2.45, 2.75) is 32.2 Å². The van der Waals surface area contributed by atoms with E-state index in [0.717, 1.165) is 65.6 Å². The van der Waals surface area contributed by atoms with Crippen molar-refractivity contribution in [3.05, 3.63) is 35.0 Å². The number of benzene rings is 1. The molecular formula is C20H27N5OS. The van der Waals surface area contributed by atoms with Gasteiger partial charge >= 0.3 is 0 Å². The van der Waals surface area contributed by atoms with E-state index in [1.54, 1.807) is 18.4 Å². The molecule has 1 aromatic carbocycles. The number of methoxy groups -OCH3 is 1. The Bertz CT molecular complexity index is 832. The Morgan fingerprint density at radius 3 is 3.00 bits per heavy atom. The van der Waals surface area contributed by atoms with Crippen LogP contribution in [0, 0.1) is 0 Å². The van der Waals surface area contributed by atoms with Gasteiger partial charge in [-0.3, -0.25) is 0 Å². The summed E-state index contributed by atoms with van der Waals surface area (Å²) in [6.45, 7) is 7.93. The van der Waals surface area contributed by atoms with E-state index in [1.807, 2.05) is 12.1 Å². The molecule has 3 heterocycles. The van der Waals surface area contributed by atoms with E-state index in [4.69, 9.17) is 14.7 Å². The molecule has 1 saturated heterocycles. The highest BCUT2D eigenvalue weighted by molar-refractivity contribution is 7.16. The zero-order chi connectivity index (χ0) is 18.8. The van der Waals surface area contributed by atoms with Crippen molar-refractivity contribution in [3.8, 4) is 0 Å². The molecule has 0 unspecified atom stereocenters. The smallest absolute Gasteiger partial charge is 0.158 e. The minimum Gasteiger partial charge on any atom is -0.385 e. The number of ether oxygens (including phenoxy) is 1. The van der Waals surface area contributed by atoms with Crippen molar-refractivity contribution >= 4 is 33.5 Å². The first-order valence-corrected chi connectivity index (χ1v) is 10.4. The molecule has 0 spiro atoms. The zero-order valence-corrected chi connectivity index (χ0v) is 17.0. The Balaban J connectivity index is 1.72. The van der Waals surface area contributed by atoms with Crippen LogP contribution in [0.5, 0.6) is 0 Å². The second kappa shape index (κ2) is 7.96. The first-order chi connectivity index (χ1) is 13.2. The van der Waals surface area contributed by atoms with Gasteiger partial charge in [0.15, 0.2) is 5.84 Å². The van der Waals surface area contributed by atoms with Crippen molar-refractivity contribution in [3.63, 3.8) is 0 Å². The molecule has 0 bridgehead atoms. The maximum Gasteiger partial charge on any atom is 0.158 e. The first kappa shape index (κ1) is 18.4. The molecule has 2 aliphatic rings. The molecular weight excluding hydrogens is 358 g/mol. The molecule has 2 aromatic rings. The second-order valence-corrected chi connectivity index (χ2v) is 8.37. The highest BCUT2D eigenvalue weighted by Gasteiger charge is 2.29. The summed E-state index contributed by atoms with van der Waals surface area (Å²) in [4.78, 5) is 12.4. The molecule has 1 atom stereocenters. The lowest BCUT2D eigenvalue weighted by molar-refractivity contribution is 0.168. The summed E-state index contributed by atoms with van der Waals surface area (Å²) in [6, 6.07) is 8.63. The van der Waals surface area contributed by atoms with Gasteiger partial charge in [-0.1, -0.05) is 26.0 Å². The Hall–Kier alpha value is -1.96. The molecule has 1 fully saturated rings. The summed E-state index contributed by atoms with van der Waals surface area (Å²) in [7, 11) is 1.76. The molecule has 144 valence electrons. The van der Waals surface area contributed by atoms with Crippen LogP contribution in [0.15, 0.2) is 29.3 Å². The van der Waals surface area contributed by atoms with Crippen molar-refractivity contribution in [1.29, 1.82) is 0 Å². The monoisotopic (exact) mass is 385 g/mol. The van der Waals surface area contributed by atoms with Gasteiger partial charge in [0.1, 0.15) is 10.7 Å². The first-order valence-electron chi connectivity index (χ1n) is 9.59. The summed E-state index contributed by atoms with van der Waals surface area (Å²) >= 11 is 1.74. The Kier molecular flexibility index (Phi) is 5.43. The number of nitrogens with zero attached hydrogens (tertiary/aromatic N) is 3. The van der Waals surface area contributed by atoms with Crippen LogP contribution in [0.3, 0.4) is 0 Å². The van der Waals surface area contributed by atoms with Gasteiger partial charge in [0, 0.05) is 45.3 Å². The number of thiazole rings is 1. The van der Waals surface area contributed by atoms with Crippen LogP contribution in [0.1, 0.15) is 36.9 Å². The van der Waals surface area contributed by atoms with Crippen LogP contribution in [-0.4, -0.2) is 55.1 Å². The number of rotatable bonds is 4. The molecule has 6 nitrogen and oxygen atoms in total. The molecule has 4 rings (SSSR count). The van der Waals surface area contributed by atoms with Gasteiger partial charge in [0.25, 0.3) is 0 Å². The van der Waals surface area contributed by atoms with Gasteiger partial charge in [0.05, 0.1) is 16.4 Å². The van der Waals surface area contributed by atoms with Crippen LogP contribution in [0.2, 0.25) is 0 Å². The zero-order valence-electron chi connectivity index (χ0n) is 16.2. The number of hydrogen-bond acceptors (Lipinski definition) is 7. The largest absolute Gasteiger partial charge is 0.385 e. The molecule has 2 aliphatic heterocycles. The quantitative estimate of drug-likeness (QED) is 0.840. The topological polar surface area (TPSA) is 61.8 Å². The van der Waals surface area contributed by atoms with E-state index in [1.165, 1.54) is 0 Å². The van der Waals surface area contributed by atoms with Crippen LogP contribution in [-0.2, 0) is 4.74 Å². The molecule has 0 radical (unpaired) electrons. The molecule has 0 aliphatic carbocycles. The van der Waals surface area contributed by atoms with E-state index in [2.05, 4.69) is 41.5 Å². The van der Waals surface area contributed by atoms with E-state index >= 15 is 0 Å². The summed E-state index contributed by atoms with van der Waals surface area (Å²) in [5.74, 6) is 1.38. The highest BCUT2D eigenvalue weighted by Crippen LogP contribution is 2.39. The summed E-state index contributed by atoms with van der Waals surface area (Å²) < 4.78 is 5.27. The van der Waals surface area contributed by atoms with Crippen LogP contribution in [0.25, 0.3) is 0 Å². The average Bonchev–Trinajstić information content (AvgIpc) is 3.03. The predicted molar refractivity (Wildman–Crippen MR) is 112 cm³/mol. The number of piperazine rings is 1. The molecule has 2 N–H and O–H groups in total. The van der Waals surface area contributed by atoms with Crippen LogP contribution in [0.4, 0.5) is 16.4 Å². The number of hydrogen-bond donors (Lipinski definition) is 2. The van der Waals surface area contributed by atoms with Crippen molar-refractivity contribution in [2.24, 2.45) is 4.99 Å². The lowest BCUT2D eigenvalue weighted by atomic mass is 10.1. The third-order valence-corrected chi connectivity index (χ3v) is 6.22. The fourth-order valence-corrected chi connectivity index (χ4v) is 4.45. The summed E-state index contributed by atoms with van der Waals surface area (Å²) in [5.41, 5.74) is 2.99. The number of amidine groups is 1. The molecule has 0 amide bonds. The molecule has 7 heteroatoms. The molecule has 0 saturated carbocycles. The van der Waals surface area contributed by atoms with Crippen molar-refractivity contribution < 1.29 is 4.74 Å². The maximum absolute atomic E-state index is 5.27. The minimum atomic E-state index is 0.401. The van der Waals surface area contributed by atoms with Gasteiger partial charge in [-0.25, -0.2) is 9.98 Å². The summed E-state index contributed by atoms with van der Waals surface area (Å²) in [6.07, 6.45) is 0.996. The number of nitrogens with one attached hydrogen (secondary N) is 2. The van der Waals surface area contributed by atoms with Gasteiger partial charge in [-0.2, -0.15) is 0 Å². The van der Waals surface area contributed by atoms with Gasteiger partial charge in [0.2, 0.25) is 0 Å². The maximum atomic E-state index is 5.27. The van der Waals surface area contributed by atoms with Crippen molar-refractivity contribution in [1.82, 2.24) is 15.2 Å². The van der Waals surface area contributed by atoms with Crippen molar-refractivity contribution in [2.75, 3.05) is 38.7 Å². The predicted octanol–water partition coefficient (Wildman–Crippen LogP) is 3.71. The fourth-order valence-electron chi connectivity index (χ4n) is 3.48. The van der Waals surface area contributed by atoms with E-state index in [0.29, 0.717) is 12.0 Å². The number of aliphatic imine (C=N–C) groups is 1. The third-order valence-electron chi connectivity index (χ3n) is 4.95. The Morgan fingerprint density at radius 2 is 2.19 bits per heavy atom. The average molecular weight is 386 g/mol. The number of fused-ring (bicyclic) bond motifs is 2. The minimum absolute atomic E-state index is 0.401. The molecule has 1 aromatic heterocycles. The third kappa shape index (κ3) is 3.85. The summed E-state index contributed by atoms with van der Waals surface area (Å²) in [5, 5.41) is 9.40. The normalized spacial score (nSPS) is 19.2. The second-order valence-electron chi connectivity index (χ2n) is 7.34. The molecule has 27 heavy (non-hydrogen) atoms. The van der Waals surface area contributed by atoms with E-state index in [-0.39, 0.29) is 0 Å². The lowest BCUT2D eigenvalue weighted by Crippen LogP contribution is -2.53.